The van der Waals surface area contributed by atoms with E-state index >= 15 is 0 Å². The van der Waals surface area contributed by atoms with Gasteiger partial charge in [-0.05, 0) is 42.5 Å². The maximum absolute atomic E-state index is 12.2. The number of nitrogens with one attached hydrogen (secondary N) is 1. The van der Waals surface area contributed by atoms with Crippen molar-refractivity contribution in [2.45, 2.75) is 25.3 Å². The van der Waals surface area contributed by atoms with Crippen LogP contribution in [0.5, 0.6) is 0 Å². The molecule has 0 spiro atoms. The van der Waals surface area contributed by atoms with Crippen molar-refractivity contribution in [3.8, 4) is 0 Å². The Morgan fingerprint density at radius 2 is 2.22 bits per heavy atom. The highest BCUT2D eigenvalue weighted by molar-refractivity contribution is 6.30. The van der Waals surface area contributed by atoms with E-state index in [1.165, 1.54) is 0 Å². The molecule has 3 rings (SSSR count). The van der Waals surface area contributed by atoms with E-state index in [1.807, 2.05) is 41.2 Å². The third-order valence-corrected chi connectivity index (χ3v) is 4.40. The summed E-state index contributed by atoms with van der Waals surface area (Å²) in [4.78, 5) is 12.2. The maximum Gasteiger partial charge on any atom is 0.220 e. The molecule has 0 radical (unpaired) electrons. The standard InChI is InChI=1S/C18H20ClN3O/c19-16-8-6-15(7-9-16)17(22-11-3-10-21-22)13-20-18(23)12-14-4-1-2-5-14/h1,3-4,6-11,14,17H,2,5,12-13H2,(H,20,23)/t14-,17-/m1/s1. The number of halogens is 1. The molecule has 0 aliphatic heterocycles. The Morgan fingerprint density at radius 3 is 2.87 bits per heavy atom. The van der Waals surface area contributed by atoms with Gasteiger partial charge in [-0.15, -0.1) is 0 Å². The number of allylic oxidation sites excluding steroid dienone is 2. The highest BCUT2D eigenvalue weighted by Gasteiger charge is 2.18. The lowest BCUT2D eigenvalue weighted by atomic mass is 10.0. The monoisotopic (exact) mass is 329 g/mol. The molecule has 23 heavy (non-hydrogen) atoms. The largest absolute Gasteiger partial charge is 0.354 e. The van der Waals surface area contributed by atoms with Gasteiger partial charge in [0.25, 0.3) is 0 Å². The highest BCUT2D eigenvalue weighted by atomic mass is 35.5. The van der Waals surface area contributed by atoms with Crippen molar-refractivity contribution >= 4 is 17.5 Å². The molecule has 0 bridgehead atoms. The summed E-state index contributed by atoms with van der Waals surface area (Å²) in [6.45, 7) is 0.512. The molecule has 1 amide bonds. The summed E-state index contributed by atoms with van der Waals surface area (Å²) >= 11 is 5.97. The van der Waals surface area contributed by atoms with E-state index in [9.17, 15) is 4.79 Å². The molecule has 2 atom stereocenters. The molecule has 1 heterocycles. The molecule has 5 heteroatoms. The van der Waals surface area contributed by atoms with Crippen LogP contribution < -0.4 is 5.32 Å². The van der Waals surface area contributed by atoms with Crippen molar-refractivity contribution in [1.29, 1.82) is 0 Å². The summed E-state index contributed by atoms with van der Waals surface area (Å²) in [5, 5.41) is 8.06. The van der Waals surface area contributed by atoms with Crippen LogP contribution in [0.3, 0.4) is 0 Å². The van der Waals surface area contributed by atoms with E-state index < -0.39 is 0 Å². The average molecular weight is 330 g/mol. The Kier molecular flexibility index (Phi) is 5.13. The summed E-state index contributed by atoms with van der Waals surface area (Å²) < 4.78 is 1.86. The van der Waals surface area contributed by atoms with Gasteiger partial charge in [0.05, 0.1) is 6.04 Å². The molecule has 1 N–H and O–H groups in total. The molecule has 1 aliphatic carbocycles. The van der Waals surface area contributed by atoms with Crippen LogP contribution in [0, 0.1) is 5.92 Å². The second-order valence-electron chi connectivity index (χ2n) is 5.83. The van der Waals surface area contributed by atoms with Crippen LogP contribution in [0.4, 0.5) is 0 Å². The predicted molar refractivity (Wildman–Crippen MR) is 91.3 cm³/mol. The zero-order chi connectivity index (χ0) is 16.1. The summed E-state index contributed by atoms with van der Waals surface area (Å²) in [6.07, 6.45) is 10.7. The third kappa shape index (κ3) is 4.23. The first-order chi connectivity index (χ1) is 11.2. The lowest BCUT2D eigenvalue weighted by Crippen LogP contribution is -2.32. The minimum Gasteiger partial charge on any atom is -0.354 e. The fraction of sp³-hybridized carbons (Fsp3) is 0.333. The van der Waals surface area contributed by atoms with Gasteiger partial charge in [0.15, 0.2) is 0 Å². The van der Waals surface area contributed by atoms with E-state index in [2.05, 4.69) is 22.6 Å². The van der Waals surface area contributed by atoms with Crippen LogP contribution in [0.2, 0.25) is 5.02 Å². The number of amides is 1. The molecule has 120 valence electrons. The molecule has 1 aliphatic rings. The summed E-state index contributed by atoms with van der Waals surface area (Å²) in [5.74, 6) is 0.473. The van der Waals surface area contributed by atoms with Gasteiger partial charge in [-0.2, -0.15) is 5.10 Å². The summed E-state index contributed by atoms with van der Waals surface area (Å²) in [5.41, 5.74) is 1.07. The molecule has 0 fully saturated rings. The molecule has 1 aromatic heterocycles. The minimum atomic E-state index is -0.0367. The molecule has 2 aromatic rings. The van der Waals surface area contributed by atoms with Crippen molar-refractivity contribution in [3.63, 3.8) is 0 Å². The van der Waals surface area contributed by atoms with E-state index in [0.29, 0.717) is 23.9 Å². The molecule has 0 saturated carbocycles. The van der Waals surface area contributed by atoms with Gasteiger partial charge in [0, 0.05) is 30.4 Å². The molecule has 1 aromatic carbocycles. The van der Waals surface area contributed by atoms with E-state index in [1.54, 1.807) is 6.20 Å². The fourth-order valence-corrected chi connectivity index (χ4v) is 3.03. The normalized spacial score (nSPS) is 18.0. The number of aromatic nitrogens is 2. The maximum atomic E-state index is 12.2. The summed E-state index contributed by atoms with van der Waals surface area (Å²) in [7, 11) is 0. The van der Waals surface area contributed by atoms with Crippen LogP contribution in [0.25, 0.3) is 0 Å². The van der Waals surface area contributed by atoms with Crippen molar-refractivity contribution in [2.75, 3.05) is 6.54 Å². The third-order valence-electron chi connectivity index (χ3n) is 4.15. The highest BCUT2D eigenvalue weighted by Crippen LogP contribution is 2.21. The smallest absolute Gasteiger partial charge is 0.220 e. The predicted octanol–water partition coefficient (Wildman–Crippen LogP) is 3.60. The van der Waals surface area contributed by atoms with Gasteiger partial charge < -0.3 is 5.32 Å². The first-order valence-electron chi connectivity index (χ1n) is 7.90. The number of hydrogen-bond donors (Lipinski definition) is 1. The molecular formula is C18H20ClN3O. The number of carbonyl (C=O) groups is 1. The Balaban J connectivity index is 1.65. The van der Waals surface area contributed by atoms with Gasteiger partial charge in [-0.1, -0.05) is 35.9 Å². The van der Waals surface area contributed by atoms with Gasteiger partial charge in [0.1, 0.15) is 0 Å². The minimum absolute atomic E-state index is 0.0367. The van der Waals surface area contributed by atoms with E-state index in [0.717, 1.165) is 18.4 Å². The van der Waals surface area contributed by atoms with Crippen molar-refractivity contribution in [3.05, 3.63) is 65.5 Å². The van der Waals surface area contributed by atoms with Crippen LogP contribution in [0.1, 0.15) is 30.9 Å². The average Bonchev–Trinajstić information content (AvgIpc) is 3.23. The lowest BCUT2D eigenvalue weighted by Gasteiger charge is -2.19. The first kappa shape index (κ1) is 15.8. The van der Waals surface area contributed by atoms with Gasteiger partial charge in [0.2, 0.25) is 5.91 Å². The zero-order valence-corrected chi connectivity index (χ0v) is 13.6. The first-order valence-corrected chi connectivity index (χ1v) is 8.28. The van der Waals surface area contributed by atoms with Gasteiger partial charge in [-0.3, -0.25) is 9.48 Å². The number of carbonyl (C=O) groups excluding carboxylic acids is 1. The molecular weight excluding hydrogens is 310 g/mol. The molecule has 0 saturated heterocycles. The van der Waals surface area contributed by atoms with E-state index in [-0.39, 0.29) is 11.9 Å². The Labute approximate surface area is 141 Å². The number of rotatable bonds is 6. The van der Waals surface area contributed by atoms with Crippen LogP contribution in [-0.2, 0) is 4.79 Å². The number of nitrogens with zero attached hydrogens (tertiary/aromatic N) is 2. The molecule has 0 unspecified atom stereocenters. The van der Waals surface area contributed by atoms with Gasteiger partial charge >= 0.3 is 0 Å². The zero-order valence-electron chi connectivity index (χ0n) is 12.9. The second-order valence-corrected chi connectivity index (χ2v) is 6.26. The van der Waals surface area contributed by atoms with Crippen LogP contribution in [-0.4, -0.2) is 22.2 Å². The Bertz CT molecular complexity index is 664. The Hall–Kier alpha value is -2.07. The van der Waals surface area contributed by atoms with Crippen LogP contribution in [0.15, 0.2) is 54.9 Å². The topological polar surface area (TPSA) is 46.9 Å². The van der Waals surface area contributed by atoms with Crippen molar-refractivity contribution in [1.82, 2.24) is 15.1 Å². The second kappa shape index (κ2) is 7.47. The van der Waals surface area contributed by atoms with Crippen molar-refractivity contribution in [2.24, 2.45) is 5.92 Å². The summed E-state index contributed by atoms with van der Waals surface area (Å²) in [6, 6.07) is 9.51. The van der Waals surface area contributed by atoms with Gasteiger partial charge in [-0.25, -0.2) is 0 Å². The SMILES string of the molecule is O=C(C[C@@H]1C=CCC1)NC[C@H](c1ccc(Cl)cc1)n1cccn1. The number of hydrogen-bond acceptors (Lipinski definition) is 2. The quantitative estimate of drug-likeness (QED) is 0.823. The van der Waals surface area contributed by atoms with Crippen molar-refractivity contribution < 1.29 is 4.79 Å². The lowest BCUT2D eigenvalue weighted by molar-refractivity contribution is -0.121. The number of benzene rings is 1. The Morgan fingerprint density at radius 1 is 1.39 bits per heavy atom. The molecule has 4 nitrogen and oxygen atoms in total. The van der Waals surface area contributed by atoms with Crippen LogP contribution >= 0.6 is 11.6 Å². The van der Waals surface area contributed by atoms with E-state index in [4.69, 9.17) is 11.6 Å². The fourth-order valence-electron chi connectivity index (χ4n) is 2.90.